The number of nitrogens with zero attached hydrogens (tertiary/aromatic N) is 2. The Morgan fingerprint density at radius 3 is 2.54 bits per heavy atom. The maximum absolute atomic E-state index is 12.1. The number of anilines is 1. The maximum atomic E-state index is 12.1. The van der Waals surface area contributed by atoms with Gasteiger partial charge in [-0.1, -0.05) is 24.3 Å². The van der Waals surface area contributed by atoms with Crippen molar-refractivity contribution in [3.8, 4) is 0 Å². The Morgan fingerprint density at radius 2 is 1.85 bits per heavy atom. The van der Waals surface area contributed by atoms with Gasteiger partial charge >= 0.3 is 0 Å². The third-order valence-electron chi connectivity index (χ3n) is 3.76. The van der Waals surface area contributed by atoms with Crippen LogP contribution in [0.5, 0.6) is 0 Å². The fraction of sp³-hybridized carbons (Fsp3) is 0.150. The minimum Gasteiger partial charge on any atom is -0.349 e. The Morgan fingerprint density at radius 1 is 1.12 bits per heavy atom. The third-order valence-corrected chi connectivity index (χ3v) is 4.76. The third kappa shape index (κ3) is 4.55. The number of amides is 2. The number of hydrogen-bond donors (Lipinski definition) is 1. The van der Waals surface area contributed by atoms with E-state index in [1.165, 1.54) is 6.08 Å². The van der Waals surface area contributed by atoms with Crippen LogP contribution in [0.3, 0.4) is 0 Å². The number of fused-ring (bicyclic) bond motifs is 1. The highest BCUT2D eigenvalue weighted by Crippen LogP contribution is 2.22. The normalized spacial score (nSPS) is 11.0. The van der Waals surface area contributed by atoms with Gasteiger partial charge in [0, 0.05) is 25.9 Å². The van der Waals surface area contributed by atoms with Gasteiger partial charge in [-0.2, -0.15) is 0 Å². The van der Waals surface area contributed by atoms with Crippen molar-refractivity contribution in [1.29, 1.82) is 0 Å². The average Bonchev–Trinajstić information content (AvgIpc) is 3.04. The second kappa shape index (κ2) is 7.93. The number of thiazole rings is 1. The number of carbonyl (C=O) groups is 2. The summed E-state index contributed by atoms with van der Waals surface area (Å²) >= 11 is 1.54. The summed E-state index contributed by atoms with van der Waals surface area (Å²) in [4.78, 5) is 29.8. The molecule has 0 aliphatic heterocycles. The first-order chi connectivity index (χ1) is 12.5. The topological polar surface area (TPSA) is 62.3 Å². The molecule has 26 heavy (non-hydrogen) atoms. The van der Waals surface area contributed by atoms with Crippen LogP contribution in [0.15, 0.2) is 54.6 Å². The molecule has 0 saturated heterocycles. The lowest BCUT2D eigenvalue weighted by atomic mass is 10.1. The molecule has 1 N–H and O–H groups in total. The summed E-state index contributed by atoms with van der Waals surface area (Å²) in [5.41, 5.74) is 2.53. The van der Waals surface area contributed by atoms with E-state index in [0.717, 1.165) is 20.8 Å². The second-order valence-electron chi connectivity index (χ2n) is 6.00. The van der Waals surface area contributed by atoms with E-state index in [4.69, 9.17) is 0 Å². The molecule has 132 valence electrons. The van der Waals surface area contributed by atoms with E-state index in [0.29, 0.717) is 12.1 Å². The van der Waals surface area contributed by atoms with E-state index in [2.05, 4.69) is 10.3 Å². The molecule has 1 aromatic heterocycles. The fourth-order valence-corrected chi connectivity index (χ4v) is 3.20. The van der Waals surface area contributed by atoms with Crippen molar-refractivity contribution in [2.24, 2.45) is 0 Å². The van der Waals surface area contributed by atoms with Crippen LogP contribution in [-0.2, 0) is 16.0 Å². The second-order valence-corrected chi connectivity index (χ2v) is 7.07. The molecular weight excluding hydrogens is 346 g/mol. The molecule has 3 rings (SSSR count). The predicted molar refractivity (Wildman–Crippen MR) is 106 cm³/mol. The summed E-state index contributed by atoms with van der Waals surface area (Å²) in [5, 5.41) is 3.60. The van der Waals surface area contributed by atoms with E-state index < -0.39 is 0 Å². The molecule has 0 aliphatic carbocycles. The Kier molecular flexibility index (Phi) is 5.43. The van der Waals surface area contributed by atoms with Gasteiger partial charge in [-0.05, 0) is 35.9 Å². The standard InChI is InChI=1S/C20H19N3O2S/c1-23(2)20(25)13-14-7-9-15(10-8-14)21-18(24)11-12-19-22-16-5-3-4-6-17(16)26-19/h3-12H,13H2,1-2H3,(H,21,24)/b12-11+. The summed E-state index contributed by atoms with van der Waals surface area (Å²) in [6, 6.07) is 15.1. The zero-order valence-electron chi connectivity index (χ0n) is 14.6. The Labute approximate surface area is 156 Å². The highest BCUT2D eigenvalue weighted by atomic mass is 32.1. The first kappa shape index (κ1) is 17.8. The molecule has 0 aliphatic rings. The number of carbonyl (C=O) groups excluding carboxylic acids is 2. The zero-order valence-corrected chi connectivity index (χ0v) is 15.4. The van der Waals surface area contributed by atoms with Crippen molar-refractivity contribution in [1.82, 2.24) is 9.88 Å². The van der Waals surface area contributed by atoms with Crippen LogP contribution in [-0.4, -0.2) is 35.8 Å². The van der Waals surface area contributed by atoms with Gasteiger partial charge in [-0.25, -0.2) is 4.98 Å². The Balaban J connectivity index is 1.59. The summed E-state index contributed by atoms with van der Waals surface area (Å²) in [5.74, 6) is -0.179. The molecule has 5 nitrogen and oxygen atoms in total. The number of likely N-dealkylation sites (N-methyl/N-ethyl adjacent to an activating group) is 1. The van der Waals surface area contributed by atoms with Crippen molar-refractivity contribution < 1.29 is 9.59 Å². The minimum atomic E-state index is -0.221. The van der Waals surface area contributed by atoms with Gasteiger partial charge < -0.3 is 10.2 Å². The van der Waals surface area contributed by atoms with E-state index in [1.54, 1.807) is 48.5 Å². The van der Waals surface area contributed by atoms with Gasteiger partial charge in [0.25, 0.3) is 0 Å². The lowest BCUT2D eigenvalue weighted by Gasteiger charge is -2.10. The van der Waals surface area contributed by atoms with Crippen LogP contribution >= 0.6 is 11.3 Å². The SMILES string of the molecule is CN(C)C(=O)Cc1ccc(NC(=O)/C=C/c2nc3ccccc3s2)cc1. The van der Waals surface area contributed by atoms with E-state index >= 15 is 0 Å². The molecule has 0 atom stereocenters. The first-order valence-corrected chi connectivity index (χ1v) is 8.96. The van der Waals surface area contributed by atoms with Crippen molar-refractivity contribution in [3.63, 3.8) is 0 Å². The van der Waals surface area contributed by atoms with Crippen molar-refractivity contribution in [2.45, 2.75) is 6.42 Å². The molecule has 2 amide bonds. The Bertz CT molecular complexity index is 926. The molecule has 0 spiro atoms. The van der Waals surface area contributed by atoms with Crippen LogP contribution in [0.2, 0.25) is 0 Å². The van der Waals surface area contributed by atoms with Gasteiger partial charge in [0.1, 0.15) is 5.01 Å². The Hall–Kier alpha value is -2.99. The number of aromatic nitrogens is 1. The number of benzene rings is 2. The van der Waals surface area contributed by atoms with Crippen molar-refractivity contribution in [2.75, 3.05) is 19.4 Å². The summed E-state index contributed by atoms with van der Waals surface area (Å²) in [6.45, 7) is 0. The largest absolute Gasteiger partial charge is 0.349 e. The molecule has 0 fully saturated rings. The predicted octanol–water partition coefficient (Wildman–Crippen LogP) is 3.58. The summed E-state index contributed by atoms with van der Waals surface area (Å²) in [7, 11) is 3.46. The van der Waals surface area contributed by atoms with Crippen LogP contribution in [0.4, 0.5) is 5.69 Å². The van der Waals surface area contributed by atoms with Crippen LogP contribution in [0.1, 0.15) is 10.6 Å². The van der Waals surface area contributed by atoms with E-state index in [1.807, 2.05) is 36.4 Å². The quantitative estimate of drug-likeness (QED) is 0.703. The van der Waals surface area contributed by atoms with Gasteiger partial charge in [0.2, 0.25) is 11.8 Å². The zero-order chi connectivity index (χ0) is 18.5. The molecule has 6 heteroatoms. The lowest BCUT2D eigenvalue weighted by Crippen LogP contribution is -2.23. The first-order valence-electron chi connectivity index (χ1n) is 8.15. The van der Waals surface area contributed by atoms with E-state index in [9.17, 15) is 9.59 Å². The monoisotopic (exact) mass is 365 g/mol. The number of nitrogens with one attached hydrogen (secondary N) is 1. The van der Waals surface area contributed by atoms with Crippen molar-refractivity contribution in [3.05, 3.63) is 65.2 Å². The average molecular weight is 365 g/mol. The van der Waals surface area contributed by atoms with Gasteiger partial charge in [0.15, 0.2) is 0 Å². The highest BCUT2D eigenvalue weighted by molar-refractivity contribution is 7.19. The van der Waals surface area contributed by atoms with Gasteiger partial charge in [0.05, 0.1) is 16.6 Å². The molecule has 3 aromatic rings. The van der Waals surface area contributed by atoms with Crippen LogP contribution in [0, 0.1) is 0 Å². The minimum absolute atomic E-state index is 0.0422. The van der Waals surface area contributed by atoms with Gasteiger partial charge in [-0.3, -0.25) is 9.59 Å². The lowest BCUT2D eigenvalue weighted by molar-refractivity contribution is -0.128. The van der Waals surface area contributed by atoms with Crippen molar-refractivity contribution >= 4 is 45.1 Å². The number of hydrogen-bond acceptors (Lipinski definition) is 4. The molecule has 1 heterocycles. The molecule has 0 bridgehead atoms. The summed E-state index contributed by atoms with van der Waals surface area (Å²) in [6.07, 6.45) is 3.53. The molecule has 0 radical (unpaired) electrons. The van der Waals surface area contributed by atoms with E-state index in [-0.39, 0.29) is 11.8 Å². The molecule has 0 unspecified atom stereocenters. The van der Waals surface area contributed by atoms with Crippen LogP contribution in [0.25, 0.3) is 16.3 Å². The smallest absolute Gasteiger partial charge is 0.248 e. The van der Waals surface area contributed by atoms with Crippen LogP contribution < -0.4 is 5.32 Å². The highest BCUT2D eigenvalue weighted by Gasteiger charge is 2.06. The number of rotatable bonds is 5. The number of para-hydroxylation sites is 1. The fourth-order valence-electron chi connectivity index (χ4n) is 2.33. The maximum Gasteiger partial charge on any atom is 0.248 e. The summed E-state index contributed by atoms with van der Waals surface area (Å²) < 4.78 is 1.09. The molecular formula is C20H19N3O2S. The van der Waals surface area contributed by atoms with Gasteiger partial charge in [-0.15, -0.1) is 11.3 Å². The molecule has 2 aromatic carbocycles. The molecule has 0 saturated carbocycles.